The number of hydrogen-bond acceptors (Lipinski definition) is 6. The Morgan fingerprint density at radius 2 is 1.79 bits per heavy atom. The summed E-state index contributed by atoms with van der Waals surface area (Å²) in [7, 11) is 1.48. The Labute approximate surface area is 152 Å². The van der Waals surface area contributed by atoms with Crippen LogP contribution in [-0.4, -0.2) is 24.2 Å². The zero-order valence-electron chi connectivity index (χ0n) is 12.5. The van der Waals surface area contributed by atoms with Gasteiger partial charge in [0.05, 0.1) is 13.3 Å². The van der Waals surface area contributed by atoms with E-state index in [1.54, 1.807) is 12.1 Å². The first-order valence-electron chi connectivity index (χ1n) is 5.74. The molecular weight excluding hydrogens is 402 g/mol. The maximum absolute atomic E-state index is 11.6. The first-order valence-corrected chi connectivity index (χ1v) is 5.74. The van der Waals surface area contributed by atoms with Crippen molar-refractivity contribution < 1.29 is 52.4 Å². The summed E-state index contributed by atoms with van der Waals surface area (Å²) in [5.74, 6) is -0.277. The van der Waals surface area contributed by atoms with Crippen LogP contribution in [0.25, 0.3) is 0 Å². The van der Waals surface area contributed by atoms with Gasteiger partial charge in [-0.1, -0.05) is 11.8 Å². The Bertz CT molecular complexity index is 652. The summed E-state index contributed by atoms with van der Waals surface area (Å²) >= 11 is 0. The first-order chi connectivity index (χ1) is 9.70. The van der Waals surface area contributed by atoms with E-state index in [-0.39, 0.29) is 43.2 Å². The van der Waals surface area contributed by atoms with Crippen LogP contribution in [0, 0.1) is 0 Å². The van der Waals surface area contributed by atoms with Gasteiger partial charge >= 0.3 is 0 Å². The quantitative estimate of drug-likeness (QED) is 0.207. The molecule has 0 atom stereocenters. The number of rotatable bonds is 4. The molecule has 2 rings (SSSR count). The zero-order valence-corrected chi connectivity index (χ0v) is 14.5. The van der Waals surface area contributed by atoms with Crippen LogP contribution >= 0.6 is 0 Å². The monoisotopic (exact) mass is 418 g/mol. The molecule has 132 valence electrons. The Morgan fingerprint density at radius 3 is 2.33 bits per heavy atom. The Morgan fingerprint density at radius 1 is 1.17 bits per heavy atom. The third-order valence-corrected chi connectivity index (χ3v) is 2.49. The molecule has 3 N–H and O–H groups in total. The van der Waals surface area contributed by atoms with E-state index in [9.17, 15) is 10.2 Å². The van der Waals surface area contributed by atoms with Crippen LogP contribution in [0.1, 0.15) is 11.1 Å². The fourth-order valence-electron chi connectivity index (χ4n) is 1.44. The van der Waals surface area contributed by atoms with Crippen LogP contribution < -0.4 is 14.9 Å². The SMILES string of the molecule is COc1ccc(/C=N/N=C(\[O-])c2ccncc2)c([O-])c1.[Mo].[O-2].[O-2].[OH3+]. The number of methoxy groups -OCH3 is 1. The number of benzene rings is 1. The zero-order chi connectivity index (χ0) is 14.4. The van der Waals surface area contributed by atoms with E-state index in [0.717, 1.165) is 0 Å². The number of pyridine rings is 1. The molecule has 0 radical (unpaired) electrons. The molecule has 1 heterocycles. The second-order valence-electron chi connectivity index (χ2n) is 3.79. The second-order valence-corrected chi connectivity index (χ2v) is 3.79. The molecule has 0 aliphatic heterocycles. The second kappa shape index (κ2) is 13.1. The van der Waals surface area contributed by atoms with Crippen LogP contribution in [0.3, 0.4) is 0 Å². The van der Waals surface area contributed by atoms with Crippen molar-refractivity contribution in [3.8, 4) is 11.5 Å². The summed E-state index contributed by atoms with van der Waals surface area (Å²) in [6, 6.07) is 7.60. The minimum Gasteiger partial charge on any atom is -2.00 e. The largest absolute Gasteiger partial charge is 2.00 e. The molecule has 0 aliphatic carbocycles. The van der Waals surface area contributed by atoms with Crippen molar-refractivity contribution in [2.24, 2.45) is 10.2 Å². The van der Waals surface area contributed by atoms with Crippen LogP contribution in [0.4, 0.5) is 0 Å². The van der Waals surface area contributed by atoms with Gasteiger partial charge < -0.3 is 31.4 Å². The molecule has 1 aromatic heterocycles. The normalized spacial score (nSPS) is 9.79. The van der Waals surface area contributed by atoms with Crippen molar-refractivity contribution in [2.75, 3.05) is 7.11 Å². The third-order valence-electron chi connectivity index (χ3n) is 2.49. The van der Waals surface area contributed by atoms with Crippen molar-refractivity contribution in [2.45, 2.75) is 0 Å². The maximum Gasteiger partial charge on any atom is 0.118 e. The van der Waals surface area contributed by atoms with Crippen molar-refractivity contribution in [3.05, 3.63) is 53.9 Å². The molecule has 24 heavy (non-hydrogen) atoms. The van der Waals surface area contributed by atoms with Gasteiger partial charge in [-0.05, 0) is 35.4 Å². The van der Waals surface area contributed by atoms with Gasteiger partial charge in [0.15, 0.2) is 0 Å². The van der Waals surface area contributed by atoms with Gasteiger partial charge in [-0.3, -0.25) is 4.98 Å². The average molecular weight is 416 g/mol. The summed E-state index contributed by atoms with van der Waals surface area (Å²) in [4.78, 5) is 3.80. The van der Waals surface area contributed by atoms with Crippen molar-refractivity contribution in [1.29, 1.82) is 0 Å². The van der Waals surface area contributed by atoms with E-state index in [2.05, 4.69) is 15.2 Å². The maximum atomic E-state index is 11.6. The summed E-state index contributed by atoms with van der Waals surface area (Å²) in [5, 5.41) is 30.4. The molecular formula is C14H14MoN3O6-5. The number of aromatic nitrogens is 1. The standard InChI is InChI=1S/C14H13N3O3.Mo.H2O.2O/c1-20-12-3-2-11(13(18)8-12)9-16-17-14(19)10-4-6-15-7-5-10;;;;/h2-9,18H,1H3,(H,17,19);;1H2;;/q;;;2*-2/p-1/b16-9+;;;;. The molecule has 9 nitrogen and oxygen atoms in total. The van der Waals surface area contributed by atoms with Gasteiger partial charge in [-0.15, -0.1) is 0 Å². The molecule has 0 spiro atoms. The van der Waals surface area contributed by atoms with Crippen LogP contribution in [-0.2, 0) is 37.5 Å². The van der Waals surface area contributed by atoms with Gasteiger partial charge in [0, 0.05) is 39.4 Å². The van der Waals surface area contributed by atoms with E-state index in [4.69, 9.17) is 4.74 Å². The molecule has 0 amide bonds. The van der Waals surface area contributed by atoms with Gasteiger partial charge in [0.2, 0.25) is 0 Å². The van der Waals surface area contributed by atoms with Gasteiger partial charge in [0.1, 0.15) is 5.75 Å². The van der Waals surface area contributed by atoms with Crippen LogP contribution in [0.15, 0.2) is 52.9 Å². The molecule has 0 saturated heterocycles. The molecule has 0 aliphatic rings. The fourth-order valence-corrected chi connectivity index (χ4v) is 1.44. The van der Waals surface area contributed by atoms with Crippen molar-refractivity contribution in [1.82, 2.24) is 4.98 Å². The smallest absolute Gasteiger partial charge is 0.118 e. The number of hydrogen-bond donors (Lipinski definition) is 0. The molecule has 0 fully saturated rings. The predicted molar refractivity (Wildman–Crippen MR) is 77.1 cm³/mol. The molecule has 1 aromatic carbocycles. The van der Waals surface area contributed by atoms with Gasteiger partial charge in [-0.2, -0.15) is 10.2 Å². The summed E-state index contributed by atoms with van der Waals surface area (Å²) in [6.45, 7) is 0. The Kier molecular flexibility index (Phi) is 14.6. The molecule has 10 heteroatoms. The van der Waals surface area contributed by atoms with E-state index in [0.29, 0.717) is 16.9 Å². The first kappa shape index (κ1) is 26.6. The van der Waals surface area contributed by atoms with Gasteiger partial charge in [0.25, 0.3) is 0 Å². The average Bonchev–Trinajstić information content (AvgIpc) is 2.49. The minimum absolute atomic E-state index is 0. The molecule has 2 aromatic rings. The topological polar surface area (TPSA) is 183 Å². The van der Waals surface area contributed by atoms with E-state index < -0.39 is 5.90 Å². The van der Waals surface area contributed by atoms with E-state index in [1.165, 1.54) is 43.9 Å². The van der Waals surface area contributed by atoms with Gasteiger partial charge in [-0.25, -0.2) is 0 Å². The van der Waals surface area contributed by atoms with E-state index >= 15 is 0 Å². The fraction of sp³-hybridized carbons (Fsp3) is 0.0714. The van der Waals surface area contributed by atoms with Crippen molar-refractivity contribution in [3.63, 3.8) is 0 Å². The third kappa shape index (κ3) is 7.29. The van der Waals surface area contributed by atoms with Crippen LogP contribution in [0.2, 0.25) is 0 Å². The molecule has 0 unspecified atom stereocenters. The van der Waals surface area contributed by atoms with Crippen LogP contribution in [0.5, 0.6) is 11.5 Å². The summed E-state index contributed by atoms with van der Waals surface area (Å²) < 4.78 is 4.92. The summed E-state index contributed by atoms with van der Waals surface area (Å²) in [6.07, 6.45) is 4.22. The number of nitrogens with zero attached hydrogens (tertiary/aromatic N) is 3. The van der Waals surface area contributed by atoms with E-state index in [1.807, 2.05) is 0 Å². The summed E-state index contributed by atoms with van der Waals surface area (Å²) in [5.41, 5.74) is 0.714. The van der Waals surface area contributed by atoms with Crippen molar-refractivity contribution >= 4 is 12.1 Å². The Balaban J connectivity index is -0.00000110. The minimum atomic E-state index is -0.496. The Hall–Kier alpha value is -2.32. The number of ether oxygens (including phenoxy) is 1. The molecule has 0 bridgehead atoms. The molecule has 0 saturated carbocycles. The predicted octanol–water partition coefficient (Wildman–Crippen LogP) is -0.857.